The van der Waals surface area contributed by atoms with Crippen molar-refractivity contribution < 1.29 is 4.74 Å². The summed E-state index contributed by atoms with van der Waals surface area (Å²) >= 11 is 0. The molecule has 0 aliphatic heterocycles. The van der Waals surface area contributed by atoms with Gasteiger partial charge in [-0.25, -0.2) is 4.98 Å². The average molecular weight is 266 g/mol. The standard InChI is InChI=1S/C16H14N2O2/c1-12-7-8-15-17-13(9-16(19)18(15)10-12)11-20-14-5-3-2-4-6-14/h2-10H,11H2,1H3. The Balaban J connectivity index is 1.89. The number of hydrogen-bond acceptors (Lipinski definition) is 3. The number of aromatic nitrogens is 2. The van der Waals surface area contributed by atoms with E-state index in [4.69, 9.17) is 4.74 Å². The minimum atomic E-state index is -0.0923. The van der Waals surface area contributed by atoms with Crippen LogP contribution in [-0.4, -0.2) is 9.38 Å². The Morgan fingerprint density at radius 2 is 1.95 bits per heavy atom. The van der Waals surface area contributed by atoms with E-state index in [0.717, 1.165) is 11.3 Å². The predicted molar refractivity (Wildman–Crippen MR) is 77.0 cm³/mol. The van der Waals surface area contributed by atoms with Gasteiger partial charge in [0.05, 0.1) is 5.69 Å². The maximum Gasteiger partial charge on any atom is 0.258 e. The van der Waals surface area contributed by atoms with Gasteiger partial charge in [0.25, 0.3) is 5.56 Å². The molecule has 4 heteroatoms. The highest BCUT2D eigenvalue weighted by Gasteiger charge is 2.03. The SMILES string of the molecule is Cc1ccc2nc(COc3ccccc3)cc(=O)n2c1. The number of fused-ring (bicyclic) bond motifs is 1. The molecule has 2 aromatic heterocycles. The van der Waals surface area contributed by atoms with Crippen molar-refractivity contribution in [3.63, 3.8) is 0 Å². The first kappa shape index (κ1) is 12.4. The number of pyridine rings is 1. The van der Waals surface area contributed by atoms with Crippen LogP contribution in [0.15, 0.2) is 59.5 Å². The Labute approximate surface area is 116 Å². The number of para-hydroxylation sites is 1. The summed E-state index contributed by atoms with van der Waals surface area (Å²) in [5.74, 6) is 0.762. The van der Waals surface area contributed by atoms with E-state index in [-0.39, 0.29) is 12.2 Å². The number of nitrogens with zero attached hydrogens (tertiary/aromatic N) is 2. The average Bonchev–Trinajstić information content (AvgIpc) is 2.47. The molecule has 2 heterocycles. The molecule has 3 aromatic rings. The summed E-state index contributed by atoms with van der Waals surface area (Å²) in [4.78, 5) is 16.5. The summed E-state index contributed by atoms with van der Waals surface area (Å²) < 4.78 is 7.15. The minimum Gasteiger partial charge on any atom is -0.487 e. The van der Waals surface area contributed by atoms with E-state index < -0.39 is 0 Å². The fourth-order valence-corrected chi connectivity index (χ4v) is 2.01. The summed E-state index contributed by atoms with van der Waals surface area (Å²) in [5, 5.41) is 0. The maximum atomic E-state index is 12.0. The smallest absolute Gasteiger partial charge is 0.258 e. The second-order valence-electron chi connectivity index (χ2n) is 4.62. The van der Waals surface area contributed by atoms with Gasteiger partial charge in [0.2, 0.25) is 0 Å². The third-order valence-electron chi connectivity index (χ3n) is 2.99. The van der Waals surface area contributed by atoms with Gasteiger partial charge in [-0.2, -0.15) is 0 Å². The Kier molecular flexibility index (Phi) is 3.21. The largest absolute Gasteiger partial charge is 0.487 e. The quantitative estimate of drug-likeness (QED) is 0.732. The molecule has 0 fully saturated rings. The van der Waals surface area contributed by atoms with Crippen LogP contribution >= 0.6 is 0 Å². The highest BCUT2D eigenvalue weighted by atomic mass is 16.5. The lowest BCUT2D eigenvalue weighted by Gasteiger charge is -2.07. The van der Waals surface area contributed by atoms with Gasteiger partial charge < -0.3 is 4.74 Å². The lowest BCUT2D eigenvalue weighted by atomic mass is 10.3. The van der Waals surface area contributed by atoms with Gasteiger partial charge in [0.15, 0.2) is 0 Å². The van der Waals surface area contributed by atoms with E-state index in [2.05, 4.69) is 4.98 Å². The Bertz CT molecular complexity index is 794. The monoisotopic (exact) mass is 266 g/mol. The number of benzene rings is 1. The summed E-state index contributed by atoms with van der Waals surface area (Å²) in [5.41, 5.74) is 2.19. The van der Waals surface area contributed by atoms with E-state index in [0.29, 0.717) is 11.3 Å². The lowest BCUT2D eigenvalue weighted by Crippen LogP contribution is -2.16. The molecule has 0 saturated heterocycles. The molecule has 0 amide bonds. The zero-order valence-corrected chi connectivity index (χ0v) is 11.1. The number of ether oxygens (including phenoxy) is 1. The van der Waals surface area contributed by atoms with Gasteiger partial charge in [-0.15, -0.1) is 0 Å². The molecule has 4 nitrogen and oxygen atoms in total. The van der Waals surface area contributed by atoms with Crippen LogP contribution in [0.3, 0.4) is 0 Å². The molecule has 0 unspecified atom stereocenters. The van der Waals surface area contributed by atoms with Crippen LogP contribution < -0.4 is 10.3 Å². The highest BCUT2D eigenvalue weighted by Crippen LogP contribution is 2.10. The molecular formula is C16H14N2O2. The molecule has 0 spiro atoms. The summed E-state index contributed by atoms with van der Waals surface area (Å²) in [6.45, 7) is 2.22. The molecule has 0 atom stereocenters. The third-order valence-corrected chi connectivity index (χ3v) is 2.99. The first-order valence-electron chi connectivity index (χ1n) is 6.39. The number of hydrogen-bond donors (Lipinski definition) is 0. The molecule has 3 rings (SSSR count). The van der Waals surface area contributed by atoms with Crippen LogP contribution in [0.5, 0.6) is 5.75 Å². The van der Waals surface area contributed by atoms with Crippen molar-refractivity contribution in [2.75, 3.05) is 0 Å². The molecule has 0 aliphatic carbocycles. The topological polar surface area (TPSA) is 43.6 Å². The molecule has 100 valence electrons. The fourth-order valence-electron chi connectivity index (χ4n) is 2.01. The zero-order chi connectivity index (χ0) is 13.9. The summed E-state index contributed by atoms with van der Waals surface area (Å²) in [6.07, 6.45) is 1.78. The van der Waals surface area contributed by atoms with Gasteiger partial charge in [-0.1, -0.05) is 24.3 Å². The van der Waals surface area contributed by atoms with E-state index >= 15 is 0 Å². The van der Waals surface area contributed by atoms with Gasteiger partial charge >= 0.3 is 0 Å². The zero-order valence-electron chi connectivity index (χ0n) is 11.1. The molecule has 0 N–H and O–H groups in total. The maximum absolute atomic E-state index is 12.0. The summed E-state index contributed by atoms with van der Waals surface area (Å²) in [7, 11) is 0. The summed E-state index contributed by atoms with van der Waals surface area (Å²) in [6, 6.07) is 14.8. The molecule has 0 bridgehead atoms. The first-order chi connectivity index (χ1) is 9.72. The van der Waals surface area contributed by atoms with Crippen LogP contribution in [-0.2, 0) is 6.61 Å². The highest BCUT2D eigenvalue weighted by molar-refractivity contribution is 5.39. The van der Waals surface area contributed by atoms with Gasteiger partial charge in [-0.05, 0) is 30.7 Å². The van der Waals surface area contributed by atoms with Crippen LogP contribution in [0.1, 0.15) is 11.3 Å². The van der Waals surface area contributed by atoms with E-state index in [1.165, 1.54) is 6.07 Å². The number of aryl methyl sites for hydroxylation is 1. The minimum absolute atomic E-state index is 0.0923. The second kappa shape index (κ2) is 5.17. The van der Waals surface area contributed by atoms with Gasteiger partial charge in [0.1, 0.15) is 18.0 Å². The van der Waals surface area contributed by atoms with Crippen molar-refractivity contribution in [3.8, 4) is 5.75 Å². The molecular weight excluding hydrogens is 252 g/mol. The van der Waals surface area contributed by atoms with Crippen LogP contribution in [0, 0.1) is 6.92 Å². The van der Waals surface area contributed by atoms with Crippen molar-refractivity contribution in [2.45, 2.75) is 13.5 Å². The third kappa shape index (κ3) is 2.54. The molecule has 0 radical (unpaired) electrons. The number of rotatable bonds is 3. The van der Waals surface area contributed by atoms with Crippen molar-refractivity contribution >= 4 is 5.65 Å². The lowest BCUT2D eigenvalue weighted by molar-refractivity contribution is 0.301. The molecule has 1 aromatic carbocycles. The first-order valence-corrected chi connectivity index (χ1v) is 6.39. The molecule has 20 heavy (non-hydrogen) atoms. The van der Waals surface area contributed by atoms with E-state index in [1.54, 1.807) is 10.6 Å². The van der Waals surface area contributed by atoms with Crippen LogP contribution in [0.2, 0.25) is 0 Å². The fraction of sp³-hybridized carbons (Fsp3) is 0.125. The van der Waals surface area contributed by atoms with E-state index in [9.17, 15) is 4.79 Å². The normalized spacial score (nSPS) is 10.7. The Hall–Kier alpha value is -2.62. The van der Waals surface area contributed by atoms with Crippen LogP contribution in [0.25, 0.3) is 5.65 Å². The van der Waals surface area contributed by atoms with Crippen LogP contribution in [0.4, 0.5) is 0 Å². The van der Waals surface area contributed by atoms with Crippen molar-refractivity contribution in [3.05, 3.63) is 76.3 Å². The Morgan fingerprint density at radius 3 is 2.75 bits per heavy atom. The Morgan fingerprint density at radius 1 is 1.15 bits per heavy atom. The van der Waals surface area contributed by atoms with Gasteiger partial charge in [-0.3, -0.25) is 9.20 Å². The van der Waals surface area contributed by atoms with Crippen molar-refractivity contribution in [1.82, 2.24) is 9.38 Å². The van der Waals surface area contributed by atoms with Crippen molar-refractivity contribution in [1.29, 1.82) is 0 Å². The van der Waals surface area contributed by atoms with E-state index in [1.807, 2.05) is 49.4 Å². The molecule has 0 aliphatic rings. The molecule has 0 saturated carbocycles. The van der Waals surface area contributed by atoms with Crippen molar-refractivity contribution in [2.24, 2.45) is 0 Å². The van der Waals surface area contributed by atoms with Gasteiger partial charge in [0, 0.05) is 12.3 Å². The second-order valence-corrected chi connectivity index (χ2v) is 4.62. The predicted octanol–water partition coefficient (Wildman–Crippen LogP) is 2.58.